The van der Waals surface area contributed by atoms with Crippen molar-refractivity contribution >= 4 is 46.7 Å². The molecule has 0 saturated heterocycles. The van der Waals surface area contributed by atoms with Crippen molar-refractivity contribution in [2.75, 3.05) is 6.61 Å². The lowest BCUT2D eigenvalue weighted by Gasteiger charge is -2.18. The number of hydrogen-bond acceptors (Lipinski definition) is 4. The molecule has 1 unspecified atom stereocenters. The molecule has 1 atom stereocenters. The Balaban J connectivity index is 1.65. The molecule has 1 amide bonds. The van der Waals surface area contributed by atoms with E-state index in [1.807, 2.05) is 6.07 Å². The zero-order valence-corrected chi connectivity index (χ0v) is 16.4. The standard InChI is InChI=1S/C19H16Cl3NO4/c20-13-8-15(22)16(9-14(13)21)26-10-17(24)27-18(11-4-2-1-3-5-11)19(25)23-12-6-7-12/h1-5,8-9,12,18H,6-7,10H2,(H,23,25). The van der Waals surface area contributed by atoms with Gasteiger partial charge < -0.3 is 14.8 Å². The fraction of sp³-hybridized carbons (Fsp3) is 0.263. The summed E-state index contributed by atoms with van der Waals surface area (Å²) in [6.07, 6.45) is 0.812. The highest BCUT2D eigenvalue weighted by molar-refractivity contribution is 6.43. The number of carbonyl (C=O) groups is 2. The quantitative estimate of drug-likeness (QED) is 0.517. The molecular formula is C19H16Cl3NO4. The molecule has 8 heteroatoms. The van der Waals surface area contributed by atoms with Crippen LogP contribution in [0, 0.1) is 0 Å². The number of benzene rings is 2. The van der Waals surface area contributed by atoms with Crippen LogP contribution in [0.4, 0.5) is 0 Å². The lowest BCUT2D eigenvalue weighted by Crippen LogP contribution is -2.34. The first-order valence-electron chi connectivity index (χ1n) is 8.26. The molecule has 142 valence electrons. The van der Waals surface area contributed by atoms with Crippen molar-refractivity contribution in [3.63, 3.8) is 0 Å². The fourth-order valence-corrected chi connectivity index (χ4v) is 2.91. The first-order valence-corrected chi connectivity index (χ1v) is 9.39. The third-order valence-electron chi connectivity index (χ3n) is 3.83. The molecule has 2 aromatic rings. The van der Waals surface area contributed by atoms with Crippen LogP contribution in [-0.4, -0.2) is 24.5 Å². The number of ether oxygens (including phenoxy) is 2. The second-order valence-electron chi connectivity index (χ2n) is 6.05. The average molecular weight is 429 g/mol. The van der Waals surface area contributed by atoms with E-state index in [1.54, 1.807) is 24.3 Å². The van der Waals surface area contributed by atoms with Gasteiger partial charge in [-0.1, -0.05) is 65.1 Å². The largest absolute Gasteiger partial charge is 0.480 e. The lowest BCUT2D eigenvalue weighted by atomic mass is 10.1. The molecule has 0 spiro atoms. The van der Waals surface area contributed by atoms with Crippen LogP contribution >= 0.6 is 34.8 Å². The van der Waals surface area contributed by atoms with E-state index in [1.165, 1.54) is 12.1 Å². The van der Waals surface area contributed by atoms with Gasteiger partial charge in [0.15, 0.2) is 6.61 Å². The summed E-state index contributed by atoms with van der Waals surface area (Å²) in [6, 6.07) is 11.8. The summed E-state index contributed by atoms with van der Waals surface area (Å²) in [5.41, 5.74) is 0.580. The third kappa shape index (κ3) is 5.51. The van der Waals surface area contributed by atoms with Crippen LogP contribution in [0.15, 0.2) is 42.5 Å². The Bertz CT molecular complexity index is 840. The maximum absolute atomic E-state index is 12.5. The molecule has 2 aromatic carbocycles. The van der Waals surface area contributed by atoms with Gasteiger partial charge in [0, 0.05) is 17.7 Å². The van der Waals surface area contributed by atoms with Crippen LogP contribution in [0.3, 0.4) is 0 Å². The smallest absolute Gasteiger partial charge is 0.345 e. The van der Waals surface area contributed by atoms with Gasteiger partial charge in [0.2, 0.25) is 6.10 Å². The molecule has 3 rings (SSSR count). The molecule has 0 aromatic heterocycles. The first kappa shape index (κ1) is 19.8. The minimum Gasteiger partial charge on any atom is -0.480 e. The third-order valence-corrected chi connectivity index (χ3v) is 4.85. The summed E-state index contributed by atoms with van der Waals surface area (Å²) in [7, 11) is 0. The minimum atomic E-state index is -1.05. The highest BCUT2D eigenvalue weighted by Crippen LogP contribution is 2.34. The summed E-state index contributed by atoms with van der Waals surface area (Å²) < 4.78 is 10.7. The van der Waals surface area contributed by atoms with Crippen molar-refractivity contribution in [2.45, 2.75) is 25.0 Å². The number of halogens is 3. The van der Waals surface area contributed by atoms with Crippen LogP contribution < -0.4 is 10.1 Å². The van der Waals surface area contributed by atoms with Gasteiger partial charge in [-0.05, 0) is 18.9 Å². The fourth-order valence-electron chi connectivity index (χ4n) is 2.32. The van der Waals surface area contributed by atoms with E-state index in [9.17, 15) is 9.59 Å². The second kappa shape index (κ2) is 8.83. The van der Waals surface area contributed by atoms with Gasteiger partial charge in [-0.25, -0.2) is 4.79 Å². The van der Waals surface area contributed by atoms with E-state index in [-0.39, 0.29) is 32.8 Å². The Labute approximate surface area is 171 Å². The predicted molar refractivity (Wildman–Crippen MR) is 103 cm³/mol. The number of hydrogen-bond donors (Lipinski definition) is 1. The van der Waals surface area contributed by atoms with Gasteiger partial charge >= 0.3 is 5.97 Å². The molecule has 1 aliphatic rings. The van der Waals surface area contributed by atoms with E-state index >= 15 is 0 Å². The van der Waals surface area contributed by atoms with Gasteiger partial charge in [-0.2, -0.15) is 0 Å². The van der Waals surface area contributed by atoms with Crippen LogP contribution in [0.5, 0.6) is 5.75 Å². The van der Waals surface area contributed by atoms with E-state index < -0.39 is 18.7 Å². The van der Waals surface area contributed by atoms with Gasteiger partial charge in [-0.3, -0.25) is 4.79 Å². The van der Waals surface area contributed by atoms with Crippen molar-refractivity contribution in [3.05, 3.63) is 63.1 Å². The molecule has 0 radical (unpaired) electrons. The highest BCUT2D eigenvalue weighted by atomic mass is 35.5. The van der Waals surface area contributed by atoms with E-state index in [2.05, 4.69) is 5.32 Å². The van der Waals surface area contributed by atoms with Crippen molar-refractivity contribution in [1.29, 1.82) is 0 Å². The van der Waals surface area contributed by atoms with E-state index in [4.69, 9.17) is 44.3 Å². The molecule has 27 heavy (non-hydrogen) atoms. The van der Waals surface area contributed by atoms with E-state index in [0.29, 0.717) is 5.56 Å². The number of carbonyl (C=O) groups excluding carboxylic acids is 2. The molecular weight excluding hydrogens is 413 g/mol. The average Bonchev–Trinajstić information content (AvgIpc) is 3.46. The summed E-state index contributed by atoms with van der Waals surface area (Å²) in [4.78, 5) is 24.7. The summed E-state index contributed by atoms with van der Waals surface area (Å²) in [5, 5.41) is 3.58. The Kier molecular flexibility index (Phi) is 6.47. The summed E-state index contributed by atoms with van der Waals surface area (Å²) in [6.45, 7) is -0.433. The van der Waals surface area contributed by atoms with Gasteiger partial charge in [0.25, 0.3) is 5.91 Å². The van der Waals surface area contributed by atoms with Crippen LogP contribution in [-0.2, 0) is 14.3 Å². The van der Waals surface area contributed by atoms with Gasteiger partial charge in [0.1, 0.15) is 5.75 Å². The molecule has 5 nitrogen and oxygen atoms in total. The van der Waals surface area contributed by atoms with E-state index in [0.717, 1.165) is 12.8 Å². The van der Waals surface area contributed by atoms with Gasteiger partial charge in [-0.15, -0.1) is 0 Å². The van der Waals surface area contributed by atoms with Crippen LogP contribution in [0.25, 0.3) is 0 Å². The number of rotatable bonds is 7. The Morgan fingerprint density at radius 1 is 1.04 bits per heavy atom. The van der Waals surface area contributed by atoms with Crippen LogP contribution in [0.2, 0.25) is 15.1 Å². The van der Waals surface area contributed by atoms with Crippen molar-refractivity contribution in [2.24, 2.45) is 0 Å². The topological polar surface area (TPSA) is 64.6 Å². The molecule has 0 aliphatic heterocycles. The maximum atomic E-state index is 12.5. The lowest BCUT2D eigenvalue weighted by molar-refractivity contribution is -0.158. The molecule has 1 fully saturated rings. The Morgan fingerprint density at radius 2 is 1.70 bits per heavy atom. The zero-order valence-electron chi connectivity index (χ0n) is 14.1. The number of nitrogens with one attached hydrogen (secondary N) is 1. The molecule has 0 heterocycles. The van der Waals surface area contributed by atoms with Crippen molar-refractivity contribution < 1.29 is 19.1 Å². The molecule has 1 N–H and O–H groups in total. The molecule has 1 saturated carbocycles. The number of esters is 1. The first-order chi connectivity index (χ1) is 12.9. The summed E-state index contributed by atoms with van der Waals surface area (Å²) >= 11 is 17.8. The highest BCUT2D eigenvalue weighted by Gasteiger charge is 2.30. The molecule has 0 bridgehead atoms. The Morgan fingerprint density at radius 3 is 2.37 bits per heavy atom. The Hall–Kier alpha value is -1.95. The van der Waals surface area contributed by atoms with Crippen LogP contribution in [0.1, 0.15) is 24.5 Å². The normalized spacial score (nSPS) is 14.3. The predicted octanol–water partition coefficient (Wildman–Crippen LogP) is 4.59. The molecule has 1 aliphatic carbocycles. The van der Waals surface area contributed by atoms with Gasteiger partial charge in [0.05, 0.1) is 15.1 Å². The number of amides is 1. The zero-order chi connectivity index (χ0) is 19.4. The van der Waals surface area contributed by atoms with Crippen molar-refractivity contribution in [1.82, 2.24) is 5.32 Å². The summed E-state index contributed by atoms with van der Waals surface area (Å²) in [5.74, 6) is -0.872. The minimum absolute atomic E-state index is 0.147. The maximum Gasteiger partial charge on any atom is 0.345 e. The van der Waals surface area contributed by atoms with Crippen molar-refractivity contribution in [3.8, 4) is 5.75 Å². The SMILES string of the molecule is O=C(COc1cc(Cl)c(Cl)cc1Cl)OC(C(=O)NC1CC1)c1ccccc1. The monoisotopic (exact) mass is 427 g/mol. The second-order valence-corrected chi connectivity index (χ2v) is 7.27.